The van der Waals surface area contributed by atoms with E-state index >= 15 is 0 Å². The summed E-state index contributed by atoms with van der Waals surface area (Å²) in [5, 5.41) is 6.22. The van der Waals surface area contributed by atoms with Gasteiger partial charge in [-0.3, -0.25) is 9.78 Å². The van der Waals surface area contributed by atoms with Crippen LogP contribution in [0, 0.1) is 12.8 Å². The van der Waals surface area contributed by atoms with E-state index in [-0.39, 0.29) is 11.2 Å². The van der Waals surface area contributed by atoms with E-state index in [1.54, 1.807) is 31.5 Å². The molecule has 1 amide bonds. The van der Waals surface area contributed by atoms with Crippen molar-refractivity contribution in [3.63, 3.8) is 0 Å². The Morgan fingerprint density at radius 1 is 1.33 bits per heavy atom. The highest BCUT2D eigenvalue weighted by molar-refractivity contribution is 6.00. The predicted molar refractivity (Wildman–Crippen MR) is 91.0 cm³/mol. The number of pyridine rings is 1. The zero-order valence-electron chi connectivity index (χ0n) is 14.4. The number of carbonyl (C=O) groups excluding carboxylic acids is 1. The SMILES string of the molecule is Cc1cc(-c2cccnc2)nc2c(C(=O)N[C@@H](C3CC3)C(F)(F)F)cnn12. The second-order valence-corrected chi connectivity index (χ2v) is 6.65. The van der Waals surface area contributed by atoms with Gasteiger partial charge in [-0.15, -0.1) is 0 Å². The normalized spacial score (nSPS) is 15.7. The molecular formula is C18H16F3N5O. The van der Waals surface area contributed by atoms with Gasteiger partial charge in [-0.2, -0.15) is 18.3 Å². The molecule has 0 unspecified atom stereocenters. The minimum atomic E-state index is -4.48. The number of nitrogens with one attached hydrogen (secondary N) is 1. The standard InChI is InChI=1S/C18H16F3N5O/c1-10-7-14(12-3-2-6-22-8-12)24-16-13(9-23-26(10)16)17(27)25-15(11-4-5-11)18(19,20)21/h2-3,6-9,11,15H,4-5H2,1H3,(H,25,27)/t15-/m0/s1. The number of aromatic nitrogens is 4. The van der Waals surface area contributed by atoms with Crippen molar-refractivity contribution in [2.75, 3.05) is 0 Å². The maximum Gasteiger partial charge on any atom is 0.408 e. The van der Waals surface area contributed by atoms with Gasteiger partial charge in [0.2, 0.25) is 0 Å². The van der Waals surface area contributed by atoms with Gasteiger partial charge in [-0.05, 0) is 43.9 Å². The van der Waals surface area contributed by atoms with Gasteiger partial charge < -0.3 is 5.32 Å². The van der Waals surface area contributed by atoms with E-state index in [0.717, 1.165) is 5.56 Å². The third kappa shape index (κ3) is 3.36. The van der Waals surface area contributed by atoms with Crippen LogP contribution in [0.5, 0.6) is 0 Å². The molecule has 1 aliphatic rings. The van der Waals surface area contributed by atoms with Crippen LogP contribution in [0.1, 0.15) is 28.9 Å². The smallest absolute Gasteiger partial charge is 0.340 e. The van der Waals surface area contributed by atoms with Gasteiger partial charge >= 0.3 is 6.18 Å². The Kier molecular flexibility index (Phi) is 4.09. The number of alkyl halides is 3. The van der Waals surface area contributed by atoms with Crippen LogP contribution >= 0.6 is 0 Å². The van der Waals surface area contributed by atoms with E-state index in [2.05, 4.69) is 20.4 Å². The fourth-order valence-electron chi connectivity index (χ4n) is 3.05. The number of halogens is 3. The second-order valence-electron chi connectivity index (χ2n) is 6.65. The molecule has 3 heterocycles. The summed E-state index contributed by atoms with van der Waals surface area (Å²) in [5.41, 5.74) is 2.23. The lowest BCUT2D eigenvalue weighted by atomic mass is 10.1. The number of amides is 1. The molecule has 0 saturated heterocycles. The fraction of sp³-hybridized carbons (Fsp3) is 0.333. The van der Waals surface area contributed by atoms with Crippen molar-refractivity contribution in [2.45, 2.75) is 32.0 Å². The van der Waals surface area contributed by atoms with Crippen LogP contribution in [0.2, 0.25) is 0 Å². The van der Waals surface area contributed by atoms with Crippen molar-refractivity contribution in [1.82, 2.24) is 24.9 Å². The lowest BCUT2D eigenvalue weighted by Crippen LogP contribution is -2.46. The molecule has 3 aromatic rings. The summed E-state index contributed by atoms with van der Waals surface area (Å²) >= 11 is 0. The molecule has 140 valence electrons. The molecule has 27 heavy (non-hydrogen) atoms. The summed E-state index contributed by atoms with van der Waals surface area (Å²) in [6, 6.07) is 3.50. The fourth-order valence-corrected chi connectivity index (χ4v) is 3.05. The summed E-state index contributed by atoms with van der Waals surface area (Å²) in [6.07, 6.45) is 0.939. The molecule has 0 bridgehead atoms. The van der Waals surface area contributed by atoms with Gasteiger partial charge in [0, 0.05) is 23.7 Å². The summed E-state index contributed by atoms with van der Waals surface area (Å²) in [5.74, 6) is -1.38. The van der Waals surface area contributed by atoms with E-state index in [9.17, 15) is 18.0 Å². The average molecular weight is 375 g/mol. The number of fused-ring (bicyclic) bond motifs is 1. The first kappa shape index (κ1) is 17.4. The Balaban J connectivity index is 1.71. The van der Waals surface area contributed by atoms with Crippen LogP contribution in [0.4, 0.5) is 13.2 Å². The molecule has 1 fully saturated rings. The minimum Gasteiger partial charge on any atom is -0.340 e. The van der Waals surface area contributed by atoms with Crippen molar-refractivity contribution in [3.05, 3.63) is 48.0 Å². The Bertz CT molecular complexity index is 995. The molecular weight excluding hydrogens is 359 g/mol. The van der Waals surface area contributed by atoms with Crippen molar-refractivity contribution in [2.24, 2.45) is 5.92 Å². The quantitative estimate of drug-likeness (QED) is 0.760. The maximum absolute atomic E-state index is 13.2. The van der Waals surface area contributed by atoms with Gasteiger partial charge in [0.15, 0.2) is 5.65 Å². The molecule has 0 radical (unpaired) electrons. The lowest BCUT2D eigenvalue weighted by Gasteiger charge is -2.20. The van der Waals surface area contributed by atoms with Crippen LogP contribution in [-0.4, -0.2) is 37.7 Å². The zero-order valence-corrected chi connectivity index (χ0v) is 14.4. The molecule has 9 heteroatoms. The van der Waals surface area contributed by atoms with Gasteiger partial charge in [-0.1, -0.05) is 0 Å². The van der Waals surface area contributed by atoms with E-state index < -0.39 is 24.0 Å². The largest absolute Gasteiger partial charge is 0.408 e. The van der Waals surface area contributed by atoms with Gasteiger partial charge in [0.1, 0.15) is 11.6 Å². The molecule has 1 saturated carbocycles. The highest BCUT2D eigenvalue weighted by Crippen LogP contribution is 2.40. The van der Waals surface area contributed by atoms with Gasteiger partial charge in [-0.25, -0.2) is 9.50 Å². The molecule has 0 spiro atoms. The minimum absolute atomic E-state index is 0.0127. The zero-order chi connectivity index (χ0) is 19.2. The molecule has 6 nitrogen and oxygen atoms in total. The van der Waals surface area contributed by atoms with E-state index in [1.165, 1.54) is 10.7 Å². The third-order valence-corrected chi connectivity index (χ3v) is 4.58. The molecule has 1 atom stereocenters. The highest BCUT2D eigenvalue weighted by Gasteiger charge is 2.49. The topological polar surface area (TPSA) is 72.2 Å². The monoisotopic (exact) mass is 375 g/mol. The predicted octanol–water partition coefficient (Wildman–Crippen LogP) is 3.17. The lowest BCUT2D eigenvalue weighted by molar-refractivity contribution is -0.158. The summed E-state index contributed by atoms with van der Waals surface area (Å²) < 4.78 is 41.1. The Morgan fingerprint density at radius 2 is 2.11 bits per heavy atom. The average Bonchev–Trinajstić information content (AvgIpc) is 3.37. The number of nitrogens with zero attached hydrogens (tertiary/aromatic N) is 4. The summed E-state index contributed by atoms with van der Waals surface area (Å²) in [4.78, 5) is 21.0. The molecule has 4 rings (SSSR count). The number of hydrogen-bond acceptors (Lipinski definition) is 4. The Hall–Kier alpha value is -2.97. The maximum atomic E-state index is 13.2. The molecule has 1 aliphatic carbocycles. The molecule has 1 N–H and O–H groups in total. The number of carbonyl (C=O) groups is 1. The molecule has 0 aromatic carbocycles. The first-order valence-electron chi connectivity index (χ1n) is 8.48. The number of aryl methyl sites for hydroxylation is 1. The Labute approximate surface area is 152 Å². The first-order valence-corrected chi connectivity index (χ1v) is 8.48. The van der Waals surface area contributed by atoms with Crippen molar-refractivity contribution in [1.29, 1.82) is 0 Å². The van der Waals surface area contributed by atoms with Crippen molar-refractivity contribution >= 4 is 11.6 Å². The first-order chi connectivity index (χ1) is 12.8. The van der Waals surface area contributed by atoms with Crippen LogP contribution < -0.4 is 5.32 Å². The molecule has 3 aromatic heterocycles. The van der Waals surface area contributed by atoms with Gasteiger partial charge in [0.25, 0.3) is 5.91 Å². The van der Waals surface area contributed by atoms with Crippen LogP contribution in [0.3, 0.4) is 0 Å². The van der Waals surface area contributed by atoms with E-state index in [0.29, 0.717) is 24.2 Å². The summed E-state index contributed by atoms with van der Waals surface area (Å²) in [7, 11) is 0. The van der Waals surface area contributed by atoms with Crippen molar-refractivity contribution in [3.8, 4) is 11.3 Å². The second kappa shape index (κ2) is 6.33. The van der Waals surface area contributed by atoms with E-state index in [4.69, 9.17) is 0 Å². The summed E-state index contributed by atoms with van der Waals surface area (Å²) in [6.45, 7) is 1.78. The van der Waals surface area contributed by atoms with Crippen LogP contribution in [0.15, 0.2) is 36.8 Å². The molecule has 0 aliphatic heterocycles. The van der Waals surface area contributed by atoms with Crippen LogP contribution in [0.25, 0.3) is 16.9 Å². The van der Waals surface area contributed by atoms with Crippen molar-refractivity contribution < 1.29 is 18.0 Å². The van der Waals surface area contributed by atoms with Crippen LogP contribution in [-0.2, 0) is 0 Å². The number of hydrogen-bond donors (Lipinski definition) is 1. The number of rotatable bonds is 4. The Morgan fingerprint density at radius 3 is 2.74 bits per heavy atom. The highest BCUT2D eigenvalue weighted by atomic mass is 19.4. The van der Waals surface area contributed by atoms with Gasteiger partial charge in [0.05, 0.1) is 11.9 Å². The third-order valence-electron chi connectivity index (χ3n) is 4.58. The van der Waals surface area contributed by atoms with E-state index in [1.807, 2.05) is 6.07 Å².